The zero-order valence-electron chi connectivity index (χ0n) is 18.7. The van der Waals surface area contributed by atoms with Crippen LogP contribution in [0.3, 0.4) is 0 Å². The van der Waals surface area contributed by atoms with E-state index in [9.17, 15) is 9.59 Å². The topological polar surface area (TPSA) is 49.4 Å². The Morgan fingerprint density at radius 2 is 1.79 bits per heavy atom. The molecule has 0 bridgehead atoms. The zero-order chi connectivity index (χ0) is 23.8. The van der Waals surface area contributed by atoms with E-state index in [1.165, 1.54) is 11.8 Å². The summed E-state index contributed by atoms with van der Waals surface area (Å²) in [4.78, 5) is 28.2. The number of nitrogens with one attached hydrogen (secondary N) is 1. The molecule has 0 unspecified atom stereocenters. The van der Waals surface area contributed by atoms with Crippen LogP contribution in [0, 0.1) is 0 Å². The van der Waals surface area contributed by atoms with Crippen LogP contribution in [0.4, 0.5) is 0 Å². The second-order valence-corrected chi connectivity index (χ2v) is 10.5. The monoisotopic (exact) mass is 526 g/mol. The summed E-state index contributed by atoms with van der Waals surface area (Å²) in [6.07, 6.45) is 4.76. The molecule has 1 N–H and O–H groups in total. The van der Waals surface area contributed by atoms with Crippen LogP contribution in [-0.2, 0) is 21.9 Å². The Bertz CT molecular complexity index is 966. The number of benzene rings is 2. The minimum Gasteiger partial charge on any atom is -0.352 e. The van der Waals surface area contributed by atoms with Crippen molar-refractivity contribution in [2.24, 2.45) is 0 Å². The molecular weight excluding hydrogens is 499 g/mol. The molecule has 1 aliphatic rings. The summed E-state index contributed by atoms with van der Waals surface area (Å²) < 4.78 is 0. The summed E-state index contributed by atoms with van der Waals surface area (Å²) in [6.45, 7) is 2.18. The first-order valence-electron chi connectivity index (χ1n) is 11.2. The summed E-state index contributed by atoms with van der Waals surface area (Å²) in [6, 6.07) is 12.5. The predicted molar refractivity (Wildman–Crippen MR) is 139 cm³/mol. The standard InChI is InChI=1S/C25H29Cl3N2O2S/c1-2-23(25(32)29-20-8-4-5-9-20)30(14-17-11-12-19(26)13-22(17)28)24(31)16-33-15-18-7-3-6-10-21(18)27/h3,6-7,10-13,20,23H,2,4-5,8-9,14-16H2,1H3,(H,29,32)/t23-/m1/s1. The van der Waals surface area contributed by atoms with Gasteiger partial charge in [-0.2, -0.15) is 0 Å². The number of carbonyl (C=O) groups is 2. The molecule has 0 saturated heterocycles. The summed E-state index contributed by atoms with van der Waals surface area (Å²) in [7, 11) is 0. The number of nitrogens with zero attached hydrogens (tertiary/aromatic N) is 1. The molecule has 1 atom stereocenters. The molecule has 0 aromatic heterocycles. The van der Waals surface area contributed by atoms with E-state index < -0.39 is 6.04 Å². The van der Waals surface area contributed by atoms with E-state index >= 15 is 0 Å². The van der Waals surface area contributed by atoms with Gasteiger partial charge in [0.25, 0.3) is 0 Å². The molecule has 3 rings (SSSR count). The van der Waals surface area contributed by atoms with Gasteiger partial charge in [0, 0.05) is 33.4 Å². The van der Waals surface area contributed by atoms with Gasteiger partial charge >= 0.3 is 0 Å². The molecule has 1 aliphatic carbocycles. The molecule has 1 saturated carbocycles. The van der Waals surface area contributed by atoms with Gasteiger partial charge in [-0.15, -0.1) is 11.8 Å². The fourth-order valence-corrected chi connectivity index (χ4v) is 5.73. The second-order valence-electron chi connectivity index (χ2n) is 8.26. The van der Waals surface area contributed by atoms with Gasteiger partial charge in [-0.3, -0.25) is 9.59 Å². The molecule has 178 valence electrons. The lowest BCUT2D eigenvalue weighted by molar-refractivity contribution is -0.139. The lowest BCUT2D eigenvalue weighted by atomic mass is 10.1. The van der Waals surface area contributed by atoms with Crippen molar-refractivity contribution in [1.82, 2.24) is 10.2 Å². The van der Waals surface area contributed by atoms with Crippen molar-refractivity contribution in [3.63, 3.8) is 0 Å². The molecule has 1 fully saturated rings. The largest absolute Gasteiger partial charge is 0.352 e. The molecule has 4 nitrogen and oxygen atoms in total. The van der Waals surface area contributed by atoms with Gasteiger partial charge in [-0.05, 0) is 48.6 Å². The van der Waals surface area contributed by atoms with Gasteiger partial charge in [0.2, 0.25) is 11.8 Å². The van der Waals surface area contributed by atoms with E-state index in [-0.39, 0.29) is 30.2 Å². The summed E-state index contributed by atoms with van der Waals surface area (Å²) in [5, 5.41) is 4.85. The Hall–Kier alpha value is -1.40. The number of rotatable bonds is 10. The van der Waals surface area contributed by atoms with E-state index in [0.29, 0.717) is 27.2 Å². The Morgan fingerprint density at radius 3 is 2.45 bits per heavy atom. The highest BCUT2D eigenvalue weighted by atomic mass is 35.5. The first kappa shape index (κ1) is 26.2. The van der Waals surface area contributed by atoms with E-state index in [1.807, 2.05) is 37.3 Å². The van der Waals surface area contributed by atoms with Gasteiger partial charge < -0.3 is 10.2 Å². The van der Waals surface area contributed by atoms with Crippen LogP contribution in [-0.4, -0.2) is 34.6 Å². The highest BCUT2D eigenvalue weighted by Gasteiger charge is 2.31. The highest BCUT2D eigenvalue weighted by molar-refractivity contribution is 7.99. The molecule has 0 aliphatic heterocycles. The van der Waals surface area contributed by atoms with Crippen LogP contribution < -0.4 is 5.32 Å². The van der Waals surface area contributed by atoms with Crippen LogP contribution in [0.25, 0.3) is 0 Å². The minimum atomic E-state index is -0.564. The number of amides is 2. The third-order valence-corrected chi connectivity index (χ3v) is 7.81. The summed E-state index contributed by atoms with van der Waals surface area (Å²) >= 11 is 20.2. The van der Waals surface area contributed by atoms with Crippen molar-refractivity contribution in [3.05, 3.63) is 68.7 Å². The quantitative estimate of drug-likeness (QED) is 0.372. The molecule has 2 amide bonds. The van der Waals surface area contributed by atoms with Crippen LogP contribution in [0.1, 0.15) is 50.2 Å². The fraction of sp³-hybridized carbons (Fsp3) is 0.440. The summed E-state index contributed by atoms with van der Waals surface area (Å²) in [5.41, 5.74) is 1.74. The lowest BCUT2D eigenvalue weighted by Gasteiger charge is -2.31. The summed E-state index contributed by atoms with van der Waals surface area (Å²) in [5.74, 6) is 0.653. The fourth-order valence-electron chi connectivity index (χ4n) is 4.07. The highest BCUT2D eigenvalue weighted by Crippen LogP contribution is 2.26. The van der Waals surface area contributed by atoms with Crippen molar-refractivity contribution in [2.75, 3.05) is 5.75 Å². The van der Waals surface area contributed by atoms with Gasteiger partial charge in [-0.1, -0.05) is 78.8 Å². The van der Waals surface area contributed by atoms with Crippen molar-refractivity contribution in [3.8, 4) is 0 Å². The van der Waals surface area contributed by atoms with Gasteiger partial charge in [0.05, 0.1) is 5.75 Å². The first-order valence-corrected chi connectivity index (χ1v) is 13.5. The lowest BCUT2D eigenvalue weighted by Crippen LogP contribution is -2.51. The average molecular weight is 528 g/mol. The van der Waals surface area contributed by atoms with Crippen LogP contribution in [0.5, 0.6) is 0 Å². The Kier molecular flexibility index (Phi) is 10.2. The molecule has 0 heterocycles. The smallest absolute Gasteiger partial charge is 0.243 e. The van der Waals surface area contributed by atoms with E-state index in [0.717, 1.165) is 36.8 Å². The van der Waals surface area contributed by atoms with Gasteiger partial charge in [0.1, 0.15) is 6.04 Å². The molecule has 8 heteroatoms. The zero-order valence-corrected chi connectivity index (χ0v) is 21.7. The molecule has 2 aromatic rings. The SMILES string of the molecule is CC[C@H](C(=O)NC1CCCC1)N(Cc1ccc(Cl)cc1Cl)C(=O)CSCc1ccccc1Cl. The first-order chi connectivity index (χ1) is 15.9. The van der Waals surface area contributed by atoms with Crippen molar-refractivity contribution in [2.45, 2.75) is 63.4 Å². The molecular formula is C25H29Cl3N2O2S. The Balaban J connectivity index is 1.74. The normalized spacial score (nSPS) is 14.8. The predicted octanol–water partition coefficient (Wildman–Crippen LogP) is 6.75. The van der Waals surface area contributed by atoms with E-state index in [2.05, 4.69) is 5.32 Å². The minimum absolute atomic E-state index is 0.0982. The van der Waals surface area contributed by atoms with Crippen LogP contribution in [0.15, 0.2) is 42.5 Å². The Morgan fingerprint density at radius 1 is 1.06 bits per heavy atom. The van der Waals surface area contributed by atoms with Crippen LogP contribution in [0.2, 0.25) is 15.1 Å². The van der Waals surface area contributed by atoms with Gasteiger partial charge in [0.15, 0.2) is 0 Å². The third kappa shape index (κ3) is 7.54. The van der Waals surface area contributed by atoms with Crippen molar-refractivity contribution >= 4 is 58.4 Å². The van der Waals surface area contributed by atoms with E-state index in [1.54, 1.807) is 17.0 Å². The maximum Gasteiger partial charge on any atom is 0.243 e. The third-order valence-electron chi connectivity index (χ3n) is 5.88. The maximum atomic E-state index is 13.4. The molecule has 2 aromatic carbocycles. The molecule has 0 spiro atoms. The number of hydrogen-bond donors (Lipinski definition) is 1. The Labute approximate surface area is 215 Å². The van der Waals surface area contributed by atoms with E-state index in [4.69, 9.17) is 34.8 Å². The molecule has 33 heavy (non-hydrogen) atoms. The average Bonchev–Trinajstić information content (AvgIpc) is 3.29. The molecule has 0 radical (unpaired) electrons. The van der Waals surface area contributed by atoms with Gasteiger partial charge in [-0.25, -0.2) is 0 Å². The second kappa shape index (κ2) is 12.9. The van der Waals surface area contributed by atoms with Crippen LogP contribution >= 0.6 is 46.6 Å². The van der Waals surface area contributed by atoms with Crippen molar-refractivity contribution < 1.29 is 9.59 Å². The van der Waals surface area contributed by atoms with Crippen molar-refractivity contribution in [1.29, 1.82) is 0 Å². The number of hydrogen-bond acceptors (Lipinski definition) is 3. The maximum absolute atomic E-state index is 13.4. The number of thioether (sulfide) groups is 1. The number of carbonyl (C=O) groups excluding carboxylic acids is 2. The number of halogens is 3.